The van der Waals surface area contributed by atoms with Crippen molar-refractivity contribution < 1.29 is 24.5 Å². The van der Waals surface area contributed by atoms with Crippen LogP contribution in [-0.4, -0.2) is 52.3 Å². The number of carboxylic acid groups (broad SMARTS) is 1. The van der Waals surface area contributed by atoms with E-state index >= 15 is 0 Å². The van der Waals surface area contributed by atoms with Crippen molar-refractivity contribution in [2.45, 2.75) is 32.4 Å². The molecule has 0 saturated carbocycles. The summed E-state index contributed by atoms with van der Waals surface area (Å²) in [6, 6.07) is 4.70. The molecule has 0 aromatic heterocycles. The number of rotatable bonds is 4. The van der Waals surface area contributed by atoms with E-state index in [-0.39, 0.29) is 19.6 Å². The summed E-state index contributed by atoms with van der Waals surface area (Å²) in [5.41, 5.74) is 1.92. The zero-order chi connectivity index (χ0) is 15.6. The summed E-state index contributed by atoms with van der Waals surface area (Å²) in [5.74, 6) is -0.929. The number of aliphatic hydroxyl groups is 1. The number of amides is 1. The lowest BCUT2D eigenvalue weighted by Gasteiger charge is -2.21. The van der Waals surface area contributed by atoms with Crippen LogP contribution >= 0.6 is 0 Å². The van der Waals surface area contributed by atoms with Crippen molar-refractivity contribution in [3.8, 4) is 5.75 Å². The Kier molecular flexibility index (Phi) is 4.47. The molecule has 1 aliphatic heterocycles. The van der Waals surface area contributed by atoms with Gasteiger partial charge >= 0.3 is 5.97 Å². The zero-order valence-corrected chi connectivity index (χ0v) is 12.1. The molecule has 6 heteroatoms. The summed E-state index contributed by atoms with van der Waals surface area (Å²) in [5, 5.41) is 18.6. The minimum atomic E-state index is -1.10. The molecule has 1 heterocycles. The summed E-state index contributed by atoms with van der Waals surface area (Å²) >= 11 is 0. The number of hydrogen-bond acceptors (Lipinski definition) is 4. The zero-order valence-electron chi connectivity index (χ0n) is 12.1. The van der Waals surface area contributed by atoms with Gasteiger partial charge in [-0.25, -0.2) is 4.79 Å². The van der Waals surface area contributed by atoms with Gasteiger partial charge in [-0.3, -0.25) is 4.79 Å². The van der Waals surface area contributed by atoms with Crippen molar-refractivity contribution >= 4 is 11.9 Å². The van der Waals surface area contributed by atoms with Gasteiger partial charge in [-0.05, 0) is 31.0 Å². The fourth-order valence-corrected chi connectivity index (χ4v) is 2.41. The molecule has 0 bridgehead atoms. The molecular formula is C15H19NO5. The van der Waals surface area contributed by atoms with Crippen molar-refractivity contribution in [1.82, 2.24) is 4.90 Å². The van der Waals surface area contributed by atoms with Crippen LogP contribution in [0, 0.1) is 13.8 Å². The minimum absolute atomic E-state index is 0.0337. The lowest BCUT2D eigenvalue weighted by molar-refractivity contribution is -0.149. The van der Waals surface area contributed by atoms with Gasteiger partial charge in [0.1, 0.15) is 11.8 Å². The second-order valence-corrected chi connectivity index (χ2v) is 5.35. The van der Waals surface area contributed by atoms with Crippen molar-refractivity contribution in [1.29, 1.82) is 0 Å². The average Bonchev–Trinajstić information content (AvgIpc) is 2.82. The van der Waals surface area contributed by atoms with E-state index in [4.69, 9.17) is 9.84 Å². The number of carbonyl (C=O) groups excluding carboxylic acids is 1. The smallest absolute Gasteiger partial charge is 0.326 e. The molecule has 0 radical (unpaired) electrons. The molecular weight excluding hydrogens is 274 g/mol. The van der Waals surface area contributed by atoms with Gasteiger partial charge in [0.25, 0.3) is 5.91 Å². The number of likely N-dealkylation sites (tertiary alicyclic amines) is 1. The molecule has 2 rings (SSSR count). The van der Waals surface area contributed by atoms with E-state index in [1.54, 1.807) is 0 Å². The maximum atomic E-state index is 12.1. The van der Waals surface area contributed by atoms with Crippen LogP contribution in [0.25, 0.3) is 0 Å². The number of benzene rings is 1. The largest absolute Gasteiger partial charge is 0.483 e. The Balaban J connectivity index is 2.01. The standard InChI is InChI=1S/C15H19NO5/c1-9-3-4-10(2)13(5-9)21-8-14(18)16-7-11(17)6-12(16)15(19)20/h3-5,11-12,17H,6-8H2,1-2H3,(H,19,20)/t11-,12-/m0/s1. The molecule has 2 N–H and O–H groups in total. The molecule has 1 saturated heterocycles. The van der Waals surface area contributed by atoms with Crippen LogP contribution in [0.3, 0.4) is 0 Å². The molecule has 1 aromatic rings. The van der Waals surface area contributed by atoms with Crippen molar-refractivity contribution in [3.63, 3.8) is 0 Å². The third-order valence-electron chi connectivity index (χ3n) is 3.58. The first kappa shape index (κ1) is 15.3. The fraction of sp³-hybridized carbons (Fsp3) is 0.467. The van der Waals surface area contributed by atoms with Gasteiger partial charge in [-0.2, -0.15) is 0 Å². The van der Waals surface area contributed by atoms with Crippen LogP contribution in [-0.2, 0) is 9.59 Å². The quantitative estimate of drug-likeness (QED) is 0.854. The normalized spacial score (nSPS) is 21.4. The Hall–Kier alpha value is -2.08. The second kappa shape index (κ2) is 6.13. The maximum Gasteiger partial charge on any atom is 0.326 e. The SMILES string of the molecule is Cc1ccc(C)c(OCC(=O)N2C[C@@H](O)C[C@H]2C(=O)O)c1. The van der Waals surface area contributed by atoms with Crippen molar-refractivity contribution in [2.75, 3.05) is 13.2 Å². The number of hydrogen-bond donors (Lipinski definition) is 2. The van der Waals surface area contributed by atoms with Crippen LogP contribution in [0.5, 0.6) is 5.75 Å². The first-order chi connectivity index (χ1) is 9.88. The number of carboxylic acids is 1. The number of aryl methyl sites for hydroxylation is 2. The van der Waals surface area contributed by atoms with E-state index in [9.17, 15) is 14.7 Å². The van der Waals surface area contributed by atoms with Crippen molar-refractivity contribution in [3.05, 3.63) is 29.3 Å². The Morgan fingerprint density at radius 1 is 1.38 bits per heavy atom. The molecule has 21 heavy (non-hydrogen) atoms. The second-order valence-electron chi connectivity index (χ2n) is 5.35. The minimum Gasteiger partial charge on any atom is -0.483 e. The highest BCUT2D eigenvalue weighted by atomic mass is 16.5. The predicted molar refractivity (Wildman–Crippen MR) is 75.2 cm³/mol. The highest BCUT2D eigenvalue weighted by Crippen LogP contribution is 2.21. The maximum absolute atomic E-state index is 12.1. The van der Waals surface area contributed by atoms with Gasteiger partial charge in [-0.15, -0.1) is 0 Å². The van der Waals surface area contributed by atoms with Crippen LogP contribution in [0.15, 0.2) is 18.2 Å². The molecule has 1 aromatic carbocycles. The number of β-amino-alcohol motifs (C(OH)–C–C–N with tert-alkyl or cyclic N) is 1. The lowest BCUT2D eigenvalue weighted by Crippen LogP contribution is -2.43. The van der Waals surface area contributed by atoms with Crippen LogP contribution in [0.2, 0.25) is 0 Å². The van der Waals surface area contributed by atoms with E-state index in [2.05, 4.69) is 0 Å². The number of nitrogens with zero attached hydrogens (tertiary/aromatic N) is 1. The molecule has 6 nitrogen and oxygen atoms in total. The van der Waals surface area contributed by atoms with E-state index < -0.39 is 24.0 Å². The predicted octanol–water partition coefficient (Wildman–Crippen LogP) is 0.729. The highest BCUT2D eigenvalue weighted by Gasteiger charge is 2.38. The van der Waals surface area contributed by atoms with Gasteiger partial charge in [0.2, 0.25) is 0 Å². The number of carbonyl (C=O) groups is 2. The van der Waals surface area contributed by atoms with Gasteiger partial charge in [0.05, 0.1) is 6.10 Å². The molecule has 1 aliphatic rings. The average molecular weight is 293 g/mol. The Bertz CT molecular complexity index is 557. The summed E-state index contributed by atoms with van der Waals surface area (Å²) in [7, 11) is 0. The van der Waals surface area contributed by atoms with Crippen LogP contribution in [0.1, 0.15) is 17.5 Å². The summed E-state index contributed by atoms with van der Waals surface area (Å²) in [6.45, 7) is 3.59. The first-order valence-corrected chi connectivity index (χ1v) is 6.79. The van der Waals surface area contributed by atoms with Crippen LogP contribution in [0.4, 0.5) is 0 Å². The molecule has 0 aliphatic carbocycles. The number of aliphatic hydroxyl groups excluding tert-OH is 1. The third-order valence-corrected chi connectivity index (χ3v) is 3.58. The summed E-state index contributed by atoms with van der Waals surface area (Å²) in [4.78, 5) is 24.4. The number of aliphatic carboxylic acids is 1. The van der Waals surface area contributed by atoms with Gasteiger partial charge in [-0.1, -0.05) is 12.1 Å². The van der Waals surface area contributed by atoms with Crippen molar-refractivity contribution in [2.24, 2.45) is 0 Å². The van der Waals surface area contributed by atoms with Gasteiger partial charge in [0, 0.05) is 13.0 Å². The molecule has 114 valence electrons. The molecule has 0 spiro atoms. The summed E-state index contributed by atoms with van der Waals surface area (Å²) in [6.07, 6.45) is -0.736. The molecule has 1 amide bonds. The van der Waals surface area contributed by atoms with Crippen LogP contribution < -0.4 is 4.74 Å². The molecule has 1 fully saturated rings. The molecule has 0 unspecified atom stereocenters. The topological polar surface area (TPSA) is 87.1 Å². The Morgan fingerprint density at radius 2 is 2.10 bits per heavy atom. The summed E-state index contributed by atoms with van der Waals surface area (Å²) < 4.78 is 5.49. The van der Waals surface area contributed by atoms with Gasteiger partial charge < -0.3 is 19.8 Å². The van der Waals surface area contributed by atoms with E-state index in [0.29, 0.717) is 5.75 Å². The third kappa shape index (κ3) is 3.52. The lowest BCUT2D eigenvalue weighted by atomic mass is 10.1. The Morgan fingerprint density at radius 3 is 2.76 bits per heavy atom. The van der Waals surface area contributed by atoms with Gasteiger partial charge in [0.15, 0.2) is 6.61 Å². The van der Waals surface area contributed by atoms with E-state index in [0.717, 1.165) is 16.0 Å². The van der Waals surface area contributed by atoms with E-state index in [1.807, 2.05) is 32.0 Å². The monoisotopic (exact) mass is 293 g/mol. The van der Waals surface area contributed by atoms with E-state index in [1.165, 1.54) is 0 Å². The number of ether oxygens (including phenoxy) is 1. The molecule has 2 atom stereocenters. The first-order valence-electron chi connectivity index (χ1n) is 6.79. The highest BCUT2D eigenvalue weighted by molar-refractivity contribution is 5.85. The fourth-order valence-electron chi connectivity index (χ4n) is 2.41. The Labute approximate surface area is 122 Å².